The minimum Gasteiger partial charge on any atom is -0.458 e. The van der Waals surface area contributed by atoms with Crippen LogP contribution in [0.2, 0.25) is 0 Å². The molecule has 158 valence electrons. The number of ether oxygens (including phenoxy) is 3. The van der Waals surface area contributed by atoms with Gasteiger partial charge >= 0.3 is 5.97 Å². The maximum Gasteiger partial charge on any atom is 0.338 e. The molecule has 0 saturated carbocycles. The number of benzene rings is 1. The van der Waals surface area contributed by atoms with Crippen molar-refractivity contribution in [3.63, 3.8) is 0 Å². The van der Waals surface area contributed by atoms with Crippen LogP contribution in [0.4, 0.5) is 5.69 Å². The second-order valence-electron chi connectivity index (χ2n) is 8.66. The van der Waals surface area contributed by atoms with Crippen LogP contribution in [0, 0.1) is 10.1 Å². The van der Waals surface area contributed by atoms with Crippen LogP contribution >= 0.6 is 0 Å². The zero-order chi connectivity index (χ0) is 21.2. The largest absolute Gasteiger partial charge is 0.458 e. The van der Waals surface area contributed by atoms with Crippen molar-refractivity contribution in [2.75, 3.05) is 6.61 Å². The summed E-state index contributed by atoms with van der Waals surface area (Å²) in [6, 6.07) is 5.38. The first kappa shape index (κ1) is 21.5. The van der Waals surface area contributed by atoms with Crippen LogP contribution in [0.3, 0.4) is 0 Å². The number of hydrogen-bond acceptors (Lipinski definition) is 6. The standard InChI is InChI=1S/C22H29NO6/c1-15(5-10-19-22(4,29-19)13-11-18-21(2,3)28-18)12-14-27-20(24)16-6-8-17(9-7-16)23(25)26/h6-9,12,18-19H,5,10-11,13-14H2,1-4H3/b15-12+/t18-,19-,22-/m1/s1. The Labute approximate surface area is 171 Å². The van der Waals surface area contributed by atoms with E-state index in [2.05, 4.69) is 20.8 Å². The summed E-state index contributed by atoms with van der Waals surface area (Å²) in [5.41, 5.74) is 1.38. The van der Waals surface area contributed by atoms with E-state index in [4.69, 9.17) is 14.2 Å². The summed E-state index contributed by atoms with van der Waals surface area (Å²) in [6.07, 6.45) is 6.41. The van der Waals surface area contributed by atoms with Crippen molar-refractivity contribution in [3.05, 3.63) is 51.6 Å². The third-order valence-electron chi connectivity index (χ3n) is 5.86. The lowest BCUT2D eigenvalue weighted by atomic mass is 9.94. The van der Waals surface area contributed by atoms with E-state index in [1.165, 1.54) is 24.3 Å². The van der Waals surface area contributed by atoms with E-state index in [9.17, 15) is 14.9 Å². The van der Waals surface area contributed by atoms with Gasteiger partial charge in [0.15, 0.2) is 0 Å². The lowest BCUT2D eigenvalue weighted by Crippen LogP contribution is -2.13. The average molecular weight is 403 g/mol. The Hall–Kier alpha value is -2.25. The van der Waals surface area contributed by atoms with Crippen LogP contribution in [0.5, 0.6) is 0 Å². The highest BCUT2D eigenvalue weighted by molar-refractivity contribution is 5.89. The van der Waals surface area contributed by atoms with Gasteiger partial charge in [-0.1, -0.05) is 5.57 Å². The lowest BCUT2D eigenvalue weighted by Gasteiger charge is -2.06. The number of nitrogens with zero attached hydrogens (tertiary/aromatic N) is 1. The van der Waals surface area contributed by atoms with E-state index in [0.717, 1.165) is 31.3 Å². The van der Waals surface area contributed by atoms with E-state index < -0.39 is 10.9 Å². The molecule has 0 spiro atoms. The Bertz CT molecular complexity index is 800. The Balaban J connectivity index is 1.34. The van der Waals surface area contributed by atoms with Gasteiger partial charge in [0.25, 0.3) is 5.69 Å². The zero-order valence-corrected chi connectivity index (χ0v) is 17.5. The molecular weight excluding hydrogens is 374 g/mol. The van der Waals surface area contributed by atoms with Crippen LogP contribution < -0.4 is 0 Å². The highest BCUT2D eigenvalue weighted by Gasteiger charge is 2.54. The normalized spacial score (nSPS) is 27.4. The predicted octanol–water partition coefficient (Wildman–Crippen LogP) is 4.59. The topological polar surface area (TPSA) is 94.5 Å². The number of rotatable bonds is 10. The molecule has 1 aromatic rings. The molecule has 7 nitrogen and oxygen atoms in total. The van der Waals surface area contributed by atoms with Gasteiger partial charge in [0.05, 0.1) is 33.9 Å². The molecule has 0 radical (unpaired) electrons. The molecule has 0 amide bonds. The molecule has 0 aromatic heterocycles. The smallest absolute Gasteiger partial charge is 0.338 e. The Morgan fingerprint density at radius 2 is 1.83 bits per heavy atom. The predicted molar refractivity (Wildman–Crippen MR) is 108 cm³/mol. The maximum atomic E-state index is 12.0. The monoisotopic (exact) mass is 403 g/mol. The summed E-state index contributed by atoms with van der Waals surface area (Å²) < 4.78 is 16.8. The molecule has 2 fully saturated rings. The minimum atomic E-state index is -0.504. The van der Waals surface area contributed by atoms with Gasteiger partial charge in [-0.3, -0.25) is 10.1 Å². The molecule has 0 aliphatic carbocycles. The van der Waals surface area contributed by atoms with Crippen LogP contribution in [-0.4, -0.2) is 40.9 Å². The van der Waals surface area contributed by atoms with Gasteiger partial charge in [-0.2, -0.15) is 0 Å². The molecule has 0 bridgehead atoms. The van der Waals surface area contributed by atoms with Crippen molar-refractivity contribution in [3.8, 4) is 0 Å². The van der Waals surface area contributed by atoms with Crippen LogP contribution in [0.15, 0.2) is 35.9 Å². The molecule has 29 heavy (non-hydrogen) atoms. The van der Waals surface area contributed by atoms with E-state index in [1.54, 1.807) is 0 Å². The van der Waals surface area contributed by atoms with Crippen LogP contribution in [0.25, 0.3) is 0 Å². The van der Waals surface area contributed by atoms with E-state index in [1.807, 2.05) is 13.0 Å². The maximum absolute atomic E-state index is 12.0. The number of nitro benzene ring substituents is 1. The summed E-state index contributed by atoms with van der Waals surface area (Å²) in [4.78, 5) is 22.1. The van der Waals surface area contributed by atoms with Crippen molar-refractivity contribution in [1.29, 1.82) is 0 Å². The fraction of sp³-hybridized carbons (Fsp3) is 0.591. The average Bonchev–Trinajstić information content (AvgIpc) is 3.52. The quantitative estimate of drug-likeness (QED) is 0.186. The summed E-state index contributed by atoms with van der Waals surface area (Å²) in [5.74, 6) is -0.493. The van der Waals surface area contributed by atoms with Gasteiger partial charge in [-0.05, 0) is 71.6 Å². The Morgan fingerprint density at radius 1 is 1.17 bits per heavy atom. The first-order valence-electron chi connectivity index (χ1n) is 10.0. The molecular formula is C22H29NO6. The SMILES string of the molecule is C/C(=C\COC(=O)c1ccc([N+](=O)[O-])cc1)CC[C@H]1O[C@]1(C)CC[C@H]1OC1(C)C. The van der Waals surface area contributed by atoms with E-state index in [0.29, 0.717) is 11.7 Å². The second-order valence-corrected chi connectivity index (χ2v) is 8.66. The molecule has 1 aromatic carbocycles. The van der Waals surface area contributed by atoms with Crippen molar-refractivity contribution in [2.45, 2.75) is 76.8 Å². The number of hydrogen-bond donors (Lipinski definition) is 0. The highest BCUT2D eigenvalue weighted by Crippen LogP contribution is 2.47. The molecule has 7 heteroatoms. The number of esters is 1. The fourth-order valence-electron chi connectivity index (χ4n) is 3.55. The van der Waals surface area contributed by atoms with Crippen LogP contribution in [0.1, 0.15) is 63.7 Å². The molecule has 2 aliphatic rings. The third-order valence-corrected chi connectivity index (χ3v) is 5.86. The van der Waals surface area contributed by atoms with Gasteiger partial charge in [-0.25, -0.2) is 4.79 Å². The minimum absolute atomic E-state index is 0.0337. The Morgan fingerprint density at radius 3 is 2.41 bits per heavy atom. The molecule has 2 heterocycles. The molecule has 0 N–H and O–H groups in total. The molecule has 2 saturated heterocycles. The van der Waals surface area contributed by atoms with Crippen molar-refractivity contribution < 1.29 is 23.9 Å². The first-order valence-corrected chi connectivity index (χ1v) is 10.0. The fourth-order valence-corrected chi connectivity index (χ4v) is 3.55. The summed E-state index contributed by atoms with van der Waals surface area (Å²) >= 11 is 0. The zero-order valence-electron chi connectivity index (χ0n) is 17.5. The van der Waals surface area contributed by atoms with E-state index in [-0.39, 0.29) is 29.6 Å². The lowest BCUT2D eigenvalue weighted by molar-refractivity contribution is -0.384. The van der Waals surface area contributed by atoms with Crippen molar-refractivity contribution in [2.24, 2.45) is 0 Å². The highest BCUT2D eigenvalue weighted by atomic mass is 16.6. The van der Waals surface area contributed by atoms with Gasteiger partial charge in [-0.15, -0.1) is 0 Å². The first-order chi connectivity index (χ1) is 13.6. The Kier molecular flexibility index (Phi) is 6.10. The van der Waals surface area contributed by atoms with Gasteiger partial charge in [0, 0.05) is 12.1 Å². The molecule has 0 unspecified atom stereocenters. The number of nitro groups is 1. The number of allylic oxidation sites excluding steroid dienone is 1. The van der Waals surface area contributed by atoms with Crippen molar-refractivity contribution in [1.82, 2.24) is 0 Å². The van der Waals surface area contributed by atoms with Crippen LogP contribution in [-0.2, 0) is 14.2 Å². The van der Waals surface area contributed by atoms with Gasteiger partial charge in [0.1, 0.15) is 6.61 Å². The summed E-state index contributed by atoms with van der Waals surface area (Å²) in [5, 5.41) is 10.6. The van der Waals surface area contributed by atoms with Gasteiger partial charge in [0.2, 0.25) is 0 Å². The number of carbonyl (C=O) groups is 1. The summed E-state index contributed by atoms with van der Waals surface area (Å²) in [7, 11) is 0. The summed E-state index contributed by atoms with van der Waals surface area (Å²) in [6.45, 7) is 8.60. The number of non-ortho nitro benzene ring substituents is 1. The second kappa shape index (κ2) is 8.24. The number of carbonyl (C=O) groups excluding carboxylic acids is 1. The van der Waals surface area contributed by atoms with E-state index >= 15 is 0 Å². The number of epoxide rings is 2. The molecule has 2 aliphatic heterocycles. The molecule has 3 rings (SSSR count). The van der Waals surface area contributed by atoms with Crippen molar-refractivity contribution >= 4 is 11.7 Å². The van der Waals surface area contributed by atoms with Gasteiger partial charge < -0.3 is 14.2 Å². The third kappa shape index (κ3) is 5.64. The molecule has 3 atom stereocenters.